The molecule has 72 valence electrons. The molecule has 0 atom stereocenters. The number of aromatic hydroxyl groups is 1. The van der Waals surface area contributed by atoms with Crippen molar-refractivity contribution >= 4 is 17.3 Å². The summed E-state index contributed by atoms with van der Waals surface area (Å²) in [6, 6.07) is 1.67. The number of alkyl halides is 3. The molecule has 0 unspecified atom stereocenters. The van der Waals surface area contributed by atoms with Gasteiger partial charge in [0.05, 0.1) is 16.3 Å². The van der Waals surface area contributed by atoms with Gasteiger partial charge in [-0.25, -0.2) is 0 Å². The van der Waals surface area contributed by atoms with Crippen molar-refractivity contribution in [2.45, 2.75) is 6.18 Å². The van der Waals surface area contributed by atoms with Crippen LogP contribution < -0.4 is 5.73 Å². The van der Waals surface area contributed by atoms with Gasteiger partial charge >= 0.3 is 6.18 Å². The van der Waals surface area contributed by atoms with E-state index < -0.39 is 22.5 Å². The highest BCUT2D eigenvalue weighted by Crippen LogP contribution is 2.41. The Morgan fingerprint density at radius 2 is 1.85 bits per heavy atom. The average molecular weight is 212 g/mol. The molecule has 0 bridgehead atoms. The van der Waals surface area contributed by atoms with Crippen LogP contribution in [0.2, 0.25) is 5.02 Å². The predicted molar refractivity (Wildman–Crippen MR) is 42.5 cm³/mol. The van der Waals surface area contributed by atoms with E-state index in [2.05, 4.69) is 0 Å². The molecule has 0 spiro atoms. The molecule has 0 heterocycles. The van der Waals surface area contributed by atoms with Gasteiger partial charge in [0.15, 0.2) is 5.75 Å². The largest absolute Gasteiger partial charge is 0.504 e. The number of hydrogen-bond acceptors (Lipinski definition) is 2. The van der Waals surface area contributed by atoms with E-state index in [-0.39, 0.29) is 5.69 Å². The zero-order chi connectivity index (χ0) is 10.2. The molecule has 0 radical (unpaired) electrons. The minimum absolute atomic E-state index is 0.182. The van der Waals surface area contributed by atoms with Gasteiger partial charge in [0.1, 0.15) is 0 Å². The van der Waals surface area contributed by atoms with Crippen LogP contribution in [0.5, 0.6) is 5.75 Å². The van der Waals surface area contributed by atoms with Gasteiger partial charge in [0.2, 0.25) is 0 Å². The number of nitrogens with two attached hydrogens (primary N) is 1. The lowest BCUT2D eigenvalue weighted by molar-refractivity contribution is -0.137. The van der Waals surface area contributed by atoms with E-state index in [4.69, 9.17) is 22.4 Å². The Kier molecular flexibility index (Phi) is 2.30. The first kappa shape index (κ1) is 9.98. The molecule has 0 saturated carbocycles. The van der Waals surface area contributed by atoms with E-state index in [1.54, 1.807) is 0 Å². The van der Waals surface area contributed by atoms with Crippen molar-refractivity contribution in [3.63, 3.8) is 0 Å². The highest BCUT2D eigenvalue weighted by Gasteiger charge is 2.34. The van der Waals surface area contributed by atoms with Crippen LogP contribution in [0.1, 0.15) is 5.56 Å². The standard InChI is InChI=1S/C7H5ClF3NO/c8-5-3(7(9,10)11)1-2-4(12)6(5)13/h1-2,13H,12H2. The minimum Gasteiger partial charge on any atom is -0.504 e. The summed E-state index contributed by atoms with van der Waals surface area (Å²) in [4.78, 5) is 0. The zero-order valence-corrected chi connectivity index (χ0v) is 6.95. The third kappa shape index (κ3) is 1.80. The van der Waals surface area contributed by atoms with Crippen molar-refractivity contribution in [2.75, 3.05) is 5.73 Å². The first-order valence-corrected chi connectivity index (χ1v) is 3.56. The number of phenolic OH excluding ortho intramolecular Hbond substituents is 1. The molecule has 0 aliphatic rings. The normalized spacial score (nSPS) is 11.7. The van der Waals surface area contributed by atoms with Crippen molar-refractivity contribution in [1.29, 1.82) is 0 Å². The van der Waals surface area contributed by atoms with Crippen LogP contribution in [0, 0.1) is 0 Å². The second-order valence-electron chi connectivity index (χ2n) is 2.36. The second kappa shape index (κ2) is 2.99. The lowest BCUT2D eigenvalue weighted by Crippen LogP contribution is -2.06. The van der Waals surface area contributed by atoms with Crippen LogP contribution in [0.25, 0.3) is 0 Å². The molecule has 13 heavy (non-hydrogen) atoms. The summed E-state index contributed by atoms with van der Waals surface area (Å²) in [5.74, 6) is -0.739. The number of anilines is 1. The van der Waals surface area contributed by atoms with Crippen molar-refractivity contribution in [3.8, 4) is 5.75 Å². The maximum absolute atomic E-state index is 12.1. The molecule has 0 aliphatic carbocycles. The fourth-order valence-corrected chi connectivity index (χ4v) is 1.08. The summed E-state index contributed by atoms with van der Waals surface area (Å²) in [7, 11) is 0. The number of halogens is 4. The van der Waals surface area contributed by atoms with E-state index >= 15 is 0 Å². The van der Waals surface area contributed by atoms with E-state index in [0.29, 0.717) is 0 Å². The molecule has 1 rings (SSSR count). The monoisotopic (exact) mass is 211 g/mol. The number of phenols is 1. The van der Waals surface area contributed by atoms with Gasteiger partial charge in [0.25, 0.3) is 0 Å². The van der Waals surface area contributed by atoms with Crippen molar-refractivity contribution in [1.82, 2.24) is 0 Å². The maximum atomic E-state index is 12.1. The SMILES string of the molecule is Nc1ccc(C(F)(F)F)c(Cl)c1O. The molecule has 0 saturated heterocycles. The molecule has 0 aliphatic heterocycles. The Balaban J connectivity index is 3.35. The van der Waals surface area contributed by atoms with E-state index in [9.17, 15) is 13.2 Å². The van der Waals surface area contributed by atoms with Crippen LogP contribution in [0.4, 0.5) is 18.9 Å². The smallest absolute Gasteiger partial charge is 0.417 e. The van der Waals surface area contributed by atoms with Crippen LogP contribution in [-0.2, 0) is 6.18 Å². The summed E-state index contributed by atoms with van der Waals surface area (Å²) in [5.41, 5.74) is 3.85. The van der Waals surface area contributed by atoms with Gasteiger partial charge in [-0.15, -0.1) is 0 Å². The van der Waals surface area contributed by atoms with Crippen molar-refractivity contribution < 1.29 is 18.3 Å². The molecule has 6 heteroatoms. The summed E-state index contributed by atoms with van der Waals surface area (Å²) in [5, 5.41) is 8.22. The first-order valence-electron chi connectivity index (χ1n) is 3.18. The Morgan fingerprint density at radius 1 is 1.31 bits per heavy atom. The molecule has 3 N–H and O–H groups in total. The molecule has 1 aromatic carbocycles. The molecular weight excluding hydrogens is 207 g/mol. The fraction of sp³-hybridized carbons (Fsp3) is 0.143. The maximum Gasteiger partial charge on any atom is 0.417 e. The lowest BCUT2D eigenvalue weighted by Gasteiger charge is -2.10. The number of nitrogen functional groups attached to an aromatic ring is 1. The zero-order valence-electron chi connectivity index (χ0n) is 6.19. The highest BCUT2D eigenvalue weighted by molar-refractivity contribution is 6.33. The van der Waals surface area contributed by atoms with Gasteiger partial charge < -0.3 is 10.8 Å². The van der Waals surface area contributed by atoms with Crippen LogP contribution >= 0.6 is 11.6 Å². The fourth-order valence-electron chi connectivity index (χ4n) is 0.798. The molecule has 0 amide bonds. The number of hydrogen-bond donors (Lipinski definition) is 2. The Bertz CT molecular complexity index is 337. The van der Waals surface area contributed by atoms with Crippen LogP contribution in [-0.4, -0.2) is 5.11 Å². The molecule has 1 aromatic rings. The summed E-state index contributed by atoms with van der Waals surface area (Å²) in [6.45, 7) is 0. The van der Waals surface area contributed by atoms with Gasteiger partial charge in [0, 0.05) is 0 Å². The van der Waals surface area contributed by atoms with E-state index in [1.165, 1.54) is 0 Å². The third-order valence-electron chi connectivity index (χ3n) is 1.45. The van der Waals surface area contributed by atoms with Gasteiger partial charge in [-0.2, -0.15) is 13.2 Å². The lowest BCUT2D eigenvalue weighted by atomic mass is 10.2. The number of benzene rings is 1. The predicted octanol–water partition coefficient (Wildman–Crippen LogP) is 2.65. The van der Waals surface area contributed by atoms with Gasteiger partial charge in [-0.1, -0.05) is 11.6 Å². The molecule has 0 fully saturated rings. The highest BCUT2D eigenvalue weighted by atomic mass is 35.5. The summed E-state index contributed by atoms with van der Waals surface area (Å²) >= 11 is 5.23. The van der Waals surface area contributed by atoms with Gasteiger partial charge in [-0.3, -0.25) is 0 Å². The van der Waals surface area contributed by atoms with Crippen LogP contribution in [0.3, 0.4) is 0 Å². The van der Waals surface area contributed by atoms with Crippen molar-refractivity contribution in [3.05, 3.63) is 22.7 Å². The van der Waals surface area contributed by atoms with Crippen LogP contribution in [0.15, 0.2) is 12.1 Å². The summed E-state index contributed by atoms with van der Waals surface area (Å²) in [6.07, 6.45) is -4.58. The Hall–Kier alpha value is -1.10. The Morgan fingerprint density at radius 3 is 2.31 bits per heavy atom. The minimum atomic E-state index is -4.58. The molecule has 0 aromatic heterocycles. The molecule has 2 nitrogen and oxygen atoms in total. The van der Waals surface area contributed by atoms with Gasteiger partial charge in [-0.05, 0) is 12.1 Å². The summed E-state index contributed by atoms with van der Waals surface area (Å²) < 4.78 is 36.4. The average Bonchev–Trinajstić information content (AvgIpc) is 1.98. The topological polar surface area (TPSA) is 46.2 Å². The quantitative estimate of drug-likeness (QED) is 0.512. The Labute approximate surface area is 76.7 Å². The second-order valence-corrected chi connectivity index (χ2v) is 2.74. The first-order chi connectivity index (χ1) is 5.84. The van der Waals surface area contributed by atoms with E-state index in [1.807, 2.05) is 0 Å². The third-order valence-corrected chi connectivity index (χ3v) is 1.84. The van der Waals surface area contributed by atoms with E-state index in [0.717, 1.165) is 12.1 Å². The number of rotatable bonds is 0. The van der Waals surface area contributed by atoms with Crippen molar-refractivity contribution in [2.24, 2.45) is 0 Å². The molecular formula is C7H5ClF3NO.